The van der Waals surface area contributed by atoms with Crippen LogP contribution >= 0.6 is 23.1 Å². The smallest absolute Gasteiger partial charge is 0.364 e. The van der Waals surface area contributed by atoms with Gasteiger partial charge in [-0.05, 0) is 35.4 Å². The number of thiophene rings is 1. The van der Waals surface area contributed by atoms with Crippen molar-refractivity contribution in [3.05, 3.63) is 35.2 Å². The highest BCUT2D eigenvalue weighted by molar-refractivity contribution is 7.99. The molecule has 0 saturated carbocycles. The van der Waals surface area contributed by atoms with Crippen LogP contribution in [0, 0.1) is 0 Å². The van der Waals surface area contributed by atoms with E-state index in [1.165, 1.54) is 18.3 Å². The number of ether oxygens (including phenoxy) is 2. The van der Waals surface area contributed by atoms with E-state index in [-0.39, 0.29) is 6.61 Å². The van der Waals surface area contributed by atoms with E-state index in [4.69, 9.17) is 9.47 Å². The third-order valence-electron chi connectivity index (χ3n) is 6.09. The first kappa shape index (κ1) is 30.3. The largest absolute Gasteiger partial charge is 0.477 e. The highest BCUT2D eigenvalue weighted by Crippen LogP contribution is 2.34. The van der Waals surface area contributed by atoms with Gasteiger partial charge in [0, 0.05) is 24.6 Å². The van der Waals surface area contributed by atoms with E-state index in [0.717, 1.165) is 21.6 Å². The van der Waals surface area contributed by atoms with Crippen LogP contribution in [0.1, 0.15) is 36.4 Å². The molecule has 1 fully saturated rings. The molecule has 0 spiro atoms. The van der Waals surface area contributed by atoms with Gasteiger partial charge >= 0.3 is 5.97 Å². The first-order valence-corrected chi connectivity index (χ1v) is 14.3. The minimum absolute atomic E-state index is 0.0212. The van der Waals surface area contributed by atoms with Crippen LogP contribution in [0.4, 0.5) is 0 Å². The predicted molar refractivity (Wildman–Crippen MR) is 143 cm³/mol. The number of carbonyl (C=O) groups is 3. The van der Waals surface area contributed by atoms with Gasteiger partial charge < -0.3 is 40.5 Å². The lowest BCUT2D eigenvalue weighted by Gasteiger charge is -2.46. The Morgan fingerprint density at radius 1 is 1.29 bits per heavy atom. The quantitative estimate of drug-likeness (QED) is 0.190. The van der Waals surface area contributed by atoms with Crippen molar-refractivity contribution >= 4 is 51.0 Å². The third-order valence-corrected chi connectivity index (χ3v) is 8.19. The van der Waals surface area contributed by atoms with Crippen molar-refractivity contribution in [1.82, 2.24) is 10.6 Å². The van der Waals surface area contributed by atoms with Gasteiger partial charge in [-0.15, -0.1) is 11.3 Å². The average molecular weight is 571 g/mol. The highest BCUT2D eigenvalue weighted by Gasteiger charge is 2.55. The molecular weight excluding hydrogens is 536 g/mol. The maximum absolute atomic E-state index is 12.6. The molecule has 1 aromatic carbocycles. The lowest BCUT2D eigenvalue weighted by molar-refractivity contribution is -0.310. The summed E-state index contributed by atoms with van der Waals surface area (Å²) in [7, 11) is 0. The number of thioether (sulfide) groups is 1. The molecule has 1 saturated heterocycles. The summed E-state index contributed by atoms with van der Waals surface area (Å²) in [6.45, 7) is 2.81. The van der Waals surface area contributed by atoms with Crippen molar-refractivity contribution < 1.29 is 44.3 Å². The number of benzene rings is 1. The Kier molecular flexibility index (Phi) is 10.9. The molecule has 6 atom stereocenters. The van der Waals surface area contributed by atoms with Crippen molar-refractivity contribution in [2.75, 3.05) is 24.7 Å². The first-order chi connectivity index (χ1) is 18.1. The molecule has 3 rings (SSSR count). The number of aliphatic carboxylic acids is 1. The minimum atomic E-state index is -2.29. The van der Waals surface area contributed by atoms with E-state index in [1.54, 1.807) is 17.8 Å². The Hall–Kier alpha value is -2.26. The van der Waals surface area contributed by atoms with Gasteiger partial charge in [-0.2, -0.15) is 11.8 Å². The van der Waals surface area contributed by atoms with Crippen LogP contribution in [-0.2, 0) is 19.1 Å². The summed E-state index contributed by atoms with van der Waals surface area (Å²) in [6, 6.07) is 7.93. The number of aliphatic hydroxyl groups is 3. The number of rotatable bonds is 13. The van der Waals surface area contributed by atoms with Crippen LogP contribution in [0.15, 0.2) is 30.3 Å². The highest BCUT2D eigenvalue weighted by atomic mass is 32.2. The molecule has 6 N–H and O–H groups in total. The summed E-state index contributed by atoms with van der Waals surface area (Å²) < 4.78 is 12.2. The topological polar surface area (TPSA) is 175 Å². The first-order valence-electron chi connectivity index (χ1n) is 12.3. The fourth-order valence-electron chi connectivity index (χ4n) is 4.21. The summed E-state index contributed by atoms with van der Waals surface area (Å²) in [4.78, 5) is 37.0. The van der Waals surface area contributed by atoms with E-state index in [1.807, 2.05) is 31.2 Å². The standard InChI is InChI=1S/C25H34N2O9S2/c1-3-37-10-6-9-35-25(24(33)34)12-16(29)20(27-14(2)28)22(36-25)21(31)17(30)13-26-23(32)19-11-15-7-4-5-8-18(15)38-19/h4-5,7-8,11,16-17,20-22,29-31H,3,6,9-10,12-13H2,1-2H3,(H,26,32)(H,27,28)(H,33,34)/t16?,17-,20-,21?,22-,25-/m1/s1. The number of carbonyl (C=O) groups excluding carboxylic acids is 2. The zero-order valence-electron chi connectivity index (χ0n) is 21.2. The molecule has 0 radical (unpaired) electrons. The lowest BCUT2D eigenvalue weighted by atomic mass is 9.88. The third kappa shape index (κ3) is 7.44. The molecule has 2 unspecified atom stereocenters. The van der Waals surface area contributed by atoms with Gasteiger partial charge in [-0.25, -0.2) is 4.79 Å². The van der Waals surface area contributed by atoms with Crippen molar-refractivity contribution in [3.63, 3.8) is 0 Å². The van der Waals surface area contributed by atoms with E-state index in [2.05, 4.69) is 10.6 Å². The molecular formula is C25H34N2O9S2. The van der Waals surface area contributed by atoms with Gasteiger partial charge in [0.1, 0.15) is 12.2 Å². The molecule has 38 heavy (non-hydrogen) atoms. The van der Waals surface area contributed by atoms with Gasteiger partial charge in [0.15, 0.2) is 0 Å². The van der Waals surface area contributed by atoms with Gasteiger partial charge in [0.05, 0.1) is 29.7 Å². The second-order valence-electron chi connectivity index (χ2n) is 8.95. The number of nitrogens with one attached hydrogen (secondary N) is 2. The lowest BCUT2D eigenvalue weighted by Crippen LogP contribution is -2.68. The molecule has 13 heteroatoms. The second kappa shape index (κ2) is 13.7. The molecule has 2 amide bonds. The van der Waals surface area contributed by atoms with Gasteiger partial charge in [-0.3, -0.25) is 9.59 Å². The molecule has 0 aliphatic carbocycles. The zero-order valence-corrected chi connectivity index (χ0v) is 22.8. The SMILES string of the molecule is CCSCCCO[C@]1(C(=O)O)CC(O)[C@@H](NC(C)=O)[C@H](C(O)[C@H](O)CNC(=O)c2cc3ccccc3s2)O1. The van der Waals surface area contributed by atoms with Crippen molar-refractivity contribution in [2.24, 2.45) is 0 Å². The summed E-state index contributed by atoms with van der Waals surface area (Å²) in [5, 5.41) is 48.3. The molecule has 1 aliphatic heterocycles. The normalized spacial score (nSPS) is 25.0. The summed E-state index contributed by atoms with van der Waals surface area (Å²) >= 11 is 2.93. The summed E-state index contributed by atoms with van der Waals surface area (Å²) in [5.41, 5.74) is 0. The van der Waals surface area contributed by atoms with Crippen LogP contribution < -0.4 is 10.6 Å². The molecule has 11 nitrogen and oxygen atoms in total. The van der Waals surface area contributed by atoms with Crippen molar-refractivity contribution in [2.45, 2.75) is 62.9 Å². The number of hydrogen-bond donors (Lipinski definition) is 6. The van der Waals surface area contributed by atoms with Gasteiger partial charge in [0.2, 0.25) is 5.91 Å². The van der Waals surface area contributed by atoms with Crippen LogP contribution in [0.3, 0.4) is 0 Å². The van der Waals surface area contributed by atoms with Crippen LogP contribution in [0.2, 0.25) is 0 Å². The van der Waals surface area contributed by atoms with E-state index >= 15 is 0 Å². The van der Waals surface area contributed by atoms with Gasteiger partial charge in [0.25, 0.3) is 11.7 Å². The van der Waals surface area contributed by atoms with E-state index in [0.29, 0.717) is 11.3 Å². The van der Waals surface area contributed by atoms with E-state index in [9.17, 15) is 34.8 Å². The van der Waals surface area contributed by atoms with Crippen LogP contribution in [0.5, 0.6) is 0 Å². The number of amides is 2. The fraction of sp³-hybridized carbons (Fsp3) is 0.560. The Balaban J connectivity index is 1.72. The summed E-state index contributed by atoms with van der Waals surface area (Å²) in [6.07, 6.45) is -6.40. The number of hydrogen-bond acceptors (Lipinski definition) is 10. The Morgan fingerprint density at radius 2 is 2.03 bits per heavy atom. The Labute approximate surface area is 228 Å². The van der Waals surface area contributed by atoms with Crippen molar-refractivity contribution in [3.8, 4) is 0 Å². The van der Waals surface area contributed by atoms with Crippen LogP contribution in [0.25, 0.3) is 10.1 Å². The number of aliphatic hydroxyl groups excluding tert-OH is 3. The van der Waals surface area contributed by atoms with Crippen LogP contribution in [-0.4, -0.2) is 99.1 Å². The zero-order chi connectivity index (χ0) is 27.9. The second-order valence-corrected chi connectivity index (χ2v) is 11.4. The molecule has 1 aliphatic rings. The summed E-state index contributed by atoms with van der Waals surface area (Å²) in [5.74, 6) is -3.20. The molecule has 2 heterocycles. The average Bonchev–Trinajstić information content (AvgIpc) is 3.32. The maximum Gasteiger partial charge on any atom is 0.364 e. The minimum Gasteiger partial charge on any atom is -0.477 e. The molecule has 0 bridgehead atoms. The molecule has 1 aromatic heterocycles. The Morgan fingerprint density at radius 3 is 2.68 bits per heavy atom. The van der Waals surface area contributed by atoms with E-state index < -0.39 is 67.0 Å². The maximum atomic E-state index is 12.6. The van der Waals surface area contributed by atoms with Crippen molar-refractivity contribution in [1.29, 1.82) is 0 Å². The Bertz CT molecular complexity index is 1080. The fourth-order valence-corrected chi connectivity index (χ4v) is 5.80. The number of fused-ring (bicyclic) bond motifs is 1. The molecule has 210 valence electrons. The number of carboxylic acid groups (broad SMARTS) is 1. The number of carboxylic acids is 1. The monoisotopic (exact) mass is 570 g/mol. The predicted octanol–water partition coefficient (Wildman–Crippen LogP) is 0.948. The molecule has 2 aromatic rings. The van der Waals surface area contributed by atoms with Gasteiger partial charge in [-0.1, -0.05) is 25.1 Å².